The second-order valence-electron chi connectivity index (χ2n) is 4.89. The number of hydrogen-bond donors (Lipinski definition) is 2. The standard InChI is InChI=1S/C15H7F2N3O2S/c16-6-1-2-7(9(17)5-6)10-4-3-8-11-12(23-14(8)18-10)13(21)20-15(22)19-11/h1-5H,(H2,19,20,21,22). The van der Waals surface area contributed by atoms with Gasteiger partial charge in [-0.15, -0.1) is 11.3 Å². The predicted octanol–water partition coefficient (Wildman–Crippen LogP) is 2.77. The molecule has 0 aliphatic carbocycles. The second-order valence-corrected chi connectivity index (χ2v) is 5.89. The molecule has 0 saturated carbocycles. The Bertz CT molecular complexity index is 1190. The van der Waals surface area contributed by atoms with Crippen molar-refractivity contribution in [1.82, 2.24) is 15.0 Å². The molecule has 0 bridgehead atoms. The molecule has 3 aromatic heterocycles. The van der Waals surface area contributed by atoms with Gasteiger partial charge in [0, 0.05) is 17.0 Å². The number of nitrogens with zero attached hydrogens (tertiary/aromatic N) is 1. The highest BCUT2D eigenvalue weighted by molar-refractivity contribution is 7.25. The van der Waals surface area contributed by atoms with Crippen molar-refractivity contribution in [3.63, 3.8) is 0 Å². The summed E-state index contributed by atoms with van der Waals surface area (Å²) in [5.74, 6) is -1.39. The Morgan fingerprint density at radius 3 is 2.65 bits per heavy atom. The third kappa shape index (κ3) is 2.15. The van der Waals surface area contributed by atoms with Crippen LogP contribution in [0.2, 0.25) is 0 Å². The van der Waals surface area contributed by atoms with Gasteiger partial charge < -0.3 is 4.98 Å². The van der Waals surface area contributed by atoms with Gasteiger partial charge in [-0.25, -0.2) is 18.6 Å². The van der Waals surface area contributed by atoms with E-state index in [-0.39, 0.29) is 5.56 Å². The normalized spacial score (nSPS) is 11.4. The molecule has 0 aliphatic rings. The number of aromatic amines is 2. The number of benzene rings is 1. The molecule has 3 heterocycles. The molecule has 8 heteroatoms. The lowest BCUT2D eigenvalue weighted by Gasteiger charge is -2.02. The lowest BCUT2D eigenvalue weighted by Crippen LogP contribution is -2.20. The Labute approximate surface area is 130 Å². The maximum absolute atomic E-state index is 13.9. The molecule has 114 valence electrons. The number of pyridine rings is 1. The predicted molar refractivity (Wildman–Crippen MR) is 83.7 cm³/mol. The van der Waals surface area contributed by atoms with Crippen LogP contribution in [-0.2, 0) is 0 Å². The first-order valence-electron chi connectivity index (χ1n) is 6.54. The number of nitrogens with one attached hydrogen (secondary N) is 2. The highest BCUT2D eigenvalue weighted by Gasteiger charge is 2.13. The Balaban J connectivity index is 2.02. The summed E-state index contributed by atoms with van der Waals surface area (Å²) in [4.78, 5) is 32.7. The fourth-order valence-electron chi connectivity index (χ4n) is 2.41. The van der Waals surface area contributed by atoms with E-state index in [0.717, 1.165) is 23.5 Å². The monoisotopic (exact) mass is 331 g/mol. The summed E-state index contributed by atoms with van der Waals surface area (Å²) in [6.45, 7) is 0. The zero-order chi connectivity index (χ0) is 16.1. The van der Waals surface area contributed by atoms with Crippen LogP contribution in [0.4, 0.5) is 8.78 Å². The zero-order valence-corrected chi connectivity index (χ0v) is 12.1. The van der Waals surface area contributed by atoms with Gasteiger partial charge in [-0.3, -0.25) is 9.78 Å². The molecule has 0 fully saturated rings. The van der Waals surface area contributed by atoms with Crippen LogP contribution in [0.3, 0.4) is 0 Å². The Morgan fingerprint density at radius 2 is 1.87 bits per heavy atom. The summed E-state index contributed by atoms with van der Waals surface area (Å²) in [5.41, 5.74) is -0.219. The van der Waals surface area contributed by atoms with E-state index in [4.69, 9.17) is 0 Å². The second kappa shape index (κ2) is 4.82. The minimum Gasteiger partial charge on any atom is -0.305 e. The van der Waals surface area contributed by atoms with E-state index in [1.807, 2.05) is 0 Å². The summed E-state index contributed by atoms with van der Waals surface area (Å²) in [6, 6.07) is 6.45. The number of hydrogen-bond acceptors (Lipinski definition) is 4. The van der Waals surface area contributed by atoms with Gasteiger partial charge in [-0.05, 0) is 24.3 Å². The smallest absolute Gasteiger partial charge is 0.305 e. The zero-order valence-electron chi connectivity index (χ0n) is 11.3. The van der Waals surface area contributed by atoms with E-state index in [2.05, 4.69) is 15.0 Å². The van der Waals surface area contributed by atoms with Crippen LogP contribution >= 0.6 is 11.3 Å². The molecule has 0 radical (unpaired) electrons. The van der Waals surface area contributed by atoms with Gasteiger partial charge in [0.05, 0.1) is 11.2 Å². The molecule has 1 aromatic carbocycles. The SMILES string of the molecule is O=c1[nH]c(=O)c2sc3nc(-c4ccc(F)cc4F)ccc3c2[nH]1. The van der Waals surface area contributed by atoms with Gasteiger partial charge in [0.25, 0.3) is 5.56 Å². The molecule has 0 aliphatic heterocycles. The van der Waals surface area contributed by atoms with Crippen LogP contribution in [0, 0.1) is 11.6 Å². The van der Waals surface area contributed by atoms with Crippen molar-refractivity contribution >= 4 is 31.8 Å². The minimum absolute atomic E-state index is 0.160. The first-order chi connectivity index (χ1) is 11.0. The van der Waals surface area contributed by atoms with E-state index in [1.165, 1.54) is 6.07 Å². The number of fused-ring (bicyclic) bond motifs is 3. The Morgan fingerprint density at radius 1 is 1.04 bits per heavy atom. The Kier molecular flexibility index (Phi) is 2.88. The van der Waals surface area contributed by atoms with Crippen molar-refractivity contribution in [2.45, 2.75) is 0 Å². The highest BCUT2D eigenvalue weighted by Crippen LogP contribution is 2.31. The largest absolute Gasteiger partial charge is 0.326 e. The molecule has 5 nitrogen and oxygen atoms in total. The highest BCUT2D eigenvalue weighted by atomic mass is 32.1. The summed E-state index contributed by atoms with van der Waals surface area (Å²) in [5, 5.41) is 0.597. The van der Waals surface area contributed by atoms with Gasteiger partial charge >= 0.3 is 5.69 Å². The van der Waals surface area contributed by atoms with E-state index in [0.29, 0.717) is 26.1 Å². The third-order valence-corrected chi connectivity index (χ3v) is 4.53. The number of thiophene rings is 1. The molecular formula is C15H7F2N3O2S. The van der Waals surface area contributed by atoms with Crippen molar-refractivity contribution in [3.8, 4) is 11.3 Å². The van der Waals surface area contributed by atoms with Crippen LogP contribution in [0.25, 0.3) is 31.7 Å². The van der Waals surface area contributed by atoms with Gasteiger partial charge in [-0.2, -0.15) is 0 Å². The van der Waals surface area contributed by atoms with Crippen LogP contribution in [0.5, 0.6) is 0 Å². The molecule has 0 spiro atoms. The van der Waals surface area contributed by atoms with Crippen molar-refractivity contribution in [2.24, 2.45) is 0 Å². The van der Waals surface area contributed by atoms with Gasteiger partial charge in [0.1, 0.15) is 21.2 Å². The lowest BCUT2D eigenvalue weighted by molar-refractivity contribution is 0.585. The van der Waals surface area contributed by atoms with Gasteiger partial charge in [0.15, 0.2) is 0 Å². The molecule has 0 saturated heterocycles. The van der Waals surface area contributed by atoms with Crippen molar-refractivity contribution < 1.29 is 8.78 Å². The van der Waals surface area contributed by atoms with E-state index in [1.54, 1.807) is 12.1 Å². The van der Waals surface area contributed by atoms with Crippen LogP contribution in [0.1, 0.15) is 0 Å². The number of H-pyrrole nitrogens is 2. The maximum Gasteiger partial charge on any atom is 0.326 e. The van der Waals surface area contributed by atoms with Crippen LogP contribution in [-0.4, -0.2) is 15.0 Å². The molecule has 0 atom stereocenters. The Hall–Kier alpha value is -2.87. The van der Waals surface area contributed by atoms with Crippen molar-refractivity contribution in [1.29, 1.82) is 0 Å². The molecule has 4 aromatic rings. The molecule has 0 amide bonds. The van der Waals surface area contributed by atoms with E-state index in [9.17, 15) is 18.4 Å². The van der Waals surface area contributed by atoms with Gasteiger partial charge in [-0.1, -0.05) is 0 Å². The number of halogens is 2. The third-order valence-electron chi connectivity index (χ3n) is 3.43. The summed E-state index contributed by atoms with van der Waals surface area (Å²) in [7, 11) is 0. The molecule has 23 heavy (non-hydrogen) atoms. The fourth-order valence-corrected chi connectivity index (χ4v) is 3.44. The first kappa shape index (κ1) is 13.8. The first-order valence-corrected chi connectivity index (χ1v) is 7.36. The quantitative estimate of drug-likeness (QED) is 0.563. The van der Waals surface area contributed by atoms with E-state index < -0.39 is 22.9 Å². The van der Waals surface area contributed by atoms with Gasteiger partial charge in [0.2, 0.25) is 0 Å². The summed E-state index contributed by atoms with van der Waals surface area (Å²) in [6.07, 6.45) is 0. The molecule has 4 rings (SSSR count). The number of aromatic nitrogens is 3. The number of rotatable bonds is 1. The van der Waals surface area contributed by atoms with Crippen LogP contribution < -0.4 is 11.2 Å². The average Bonchev–Trinajstić information content (AvgIpc) is 2.85. The maximum atomic E-state index is 13.9. The average molecular weight is 331 g/mol. The van der Waals surface area contributed by atoms with Crippen LogP contribution in [0.15, 0.2) is 39.9 Å². The molecule has 0 unspecified atom stereocenters. The summed E-state index contributed by atoms with van der Waals surface area (Å²) < 4.78 is 27.2. The minimum atomic E-state index is -0.718. The summed E-state index contributed by atoms with van der Waals surface area (Å²) >= 11 is 1.09. The lowest BCUT2D eigenvalue weighted by atomic mass is 10.1. The molecule has 2 N–H and O–H groups in total. The van der Waals surface area contributed by atoms with E-state index >= 15 is 0 Å². The fraction of sp³-hybridized carbons (Fsp3) is 0. The van der Waals surface area contributed by atoms with Crippen molar-refractivity contribution in [2.75, 3.05) is 0 Å². The molecular weight excluding hydrogens is 324 g/mol. The topological polar surface area (TPSA) is 78.6 Å². The van der Waals surface area contributed by atoms with Crippen molar-refractivity contribution in [3.05, 3.63) is 62.8 Å².